The Morgan fingerprint density at radius 3 is 3.00 bits per heavy atom. The highest BCUT2D eigenvalue weighted by atomic mass is 32.1. The first kappa shape index (κ1) is 8.12. The lowest BCUT2D eigenvalue weighted by Gasteiger charge is -1.92. The van der Waals surface area contributed by atoms with Crippen LogP contribution in [0.15, 0.2) is 27.8 Å². The van der Waals surface area contributed by atoms with E-state index in [2.05, 4.69) is 17.6 Å². The second-order valence-electron chi connectivity index (χ2n) is 2.56. The van der Waals surface area contributed by atoms with Gasteiger partial charge in [0.25, 0.3) is 5.91 Å². The Bertz CT molecular complexity index is 478. The fourth-order valence-electron chi connectivity index (χ4n) is 1.07. The van der Waals surface area contributed by atoms with Crippen LogP contribution in [0.5, 0.6) is 0 Å². The predicted molar refractivity (Wildman–Crippen MR) is 49.8 cm³/mol. The van der Waals surface area contributed by atoms with E-state index in [4.69, 9.17) is 10.2 Å². The number of nitrogens with zero attached hydrogens (tertiary/aromatic N) is 1. The smallest absolute Gasteiger partial charge is 0.267 e. The highest BCUT2D eigenvalue weighted by Crippen LogP contribution is 2.21. The molecule has 0 saturated carbocycles. The van der Waals surface area contributed by atoms with Gasteiger partial charge in [-0.3, -0.25) is 4.79 Å². The van der Waals surface area contributed by atoms with Crippen molar-refractivity contribution >= 4 is 29.5 Å². The van der Waals surface area contributed by atoms with Crippen LogP contribution >= 0.6 is 12.6 Å². The maximum absolute atomic E-state index is 10.8. The van der Waals surface area contributed by atoms with Crippen molar-refractivity contribution in [1.29, 1.82) is 0 Å². The number of rotatable bonds is 1. The zero-order chi connectivity index (χ0) is 9.42. The average molecular weight is 194 g/mol. The molecule has 2 aromatic rings. The van der Waals surface area contributed by atoms with E-state index in [0.29, 0.717) is 10.7 Å². The third-order valence-electron chi connectivity index (χ3n) is 1.64. The molecule has 2 aromatic heterocycles. The van der Waals surface area contributed by atoms with Gasteiger partial charge in [-0.1, -0.05) is 0 Å². The number of carbonyl (C=O) groups is 1. The first-order valence-corrected chi connectivity index (χ1v) is 4.00. The van der Waals surface area contributed by atoms with Crippen molar-refractivity contribution in [3.8, 4) is 0 Å². The molecule has 0 atom stereocenters. The summed E-state index contributed by atoms with van der Waals surface area (Å²) in [5, 5.41) is 1.26. The largest absolute Gasteiger partial charge is 0.449 e. The summed E-state index contributed by atoms with van der Waals surface area (Å²) in [7, 11) is 0. The molecule has 0 unspecified atom stereocenters. The van der Waals surface area contributed by atoms with Gasteiger partial charge in [0.05, 0.1) is 6.20 Å². The fourth-order valence-corrected chi connectivity index (χ4v) is 1.30. The monoisotopic (exact) mass is 194 g/mol. The van der Waals surface area contributed by atoms with Crippen LogP contribution in [-0.4, -0.2) is 10.9 Å². The summed E-state index contributed by atoms with van der Waals surface area (Å²) >= 11 is 4.02. The van der Waals surface area contributed by atoms with Crippen molar-refractivity contribution in [1.82, 2.24) is 4.98 Å². The molecule has 0 aliphatic heterocycles. The molecule has 2 N–H and O–H groups in total. The molecule has 0 aliphatic rings. The van der Waals surface area contributed by atoms with E-state index in [1.54, 1.807) is 12.1 Å². The zero-order valence-corrected chi connectivity index (χ0v) is 7.41. The molecule has 2 heterocycles. The van der Waals surface area contributed by atoms with Gasteiger partial charge in [0.15, 0.2) is 10.7 Å². The number of amides is 1. The Labute approximate surface area is 79.1 Å². The lowest BCUT2D eigenvalue weighted by atomic mass is 10.2. The minimum Gasteiger partial charge on any atom is -0.449 e. The maximum atomic E-state index is 10.8. The van der Waals surface area contributed by atoms with Crippen LogP contribution in [0.25, 0.3) is 11.0 Å². The normalized spacial score (nSPS) is 10.5. The number of furan rings is 1. The van der Waals surface area contributed by atoms with Crippen LogP contribution in [0, 0.1) is 0 Å². The van der Waals surface area contributed by atoms with Crippen LogP contribution in [0.4, 0.5) is 0 Å². The SMILES string of the molecule is NC(=O)c1cc2cc(S)oc2cn1. The molecule has 0 aromatic carbocycles. The summed E-state index contributed by atoms with van der Waals surface area (Å²) in [5.74, 6) is -0.552. The standard InChI is InChI=1S/C8H6N2O2S/c9-8(11)5-1-4-2-7(13)12-6(4)3-10-5/h1-3,13H,(H2,9,11). The minimum atomic E-state index is -0.552. The number of hydrogen-bond acceptors (Lipinski definition) is 4. The number of hydrogen-bond donors (Lipinski definition) is 2. The van der Waals surface area contributed by atoms with Gasteiger partial charge in [-0.05, 0) is 12.1 Å². The molecular weight excluding hydrogens is 188 g/mol. The Morgan fingerprint density at radius 2 is 2.31 bits per heavy atom. The van der Waals surface area contributed by atoms with Crippen LogP contribution in [-0.2, 0) is 0 Å². The predicted octanol–water partition coefficient (Wildman–Crippen LogP) is 1.22. The van der Waals surface area contributed by atoms with Crippen molar-refractivity contribution in [2.45, 2.75) is 5.09 Å². The van der Waals surface area contributed by atoms with Crippen molar-refractivity contribution < 1.29 is 9.21 Å². The first-order chi connectivity index (χ1) is 6.16. The lowest BCUT2D eigenvalue weighted by molar-refractivity contribution is 0.0996. The highest BCUT2D eigenvalue weighted by Gasteiger charge is 2.06. The summed E-state index contributed by atoms with van der Waals surface area (Å²) in [4.78, 5) is 14.6. The molecule has 0 bridgehead atoms. The summed E-state index contributed by atoms with van der Waals surface area (Å²) < 4.78 is 5.15. The topological polar surface area (TPSA) is 69.1 Å². The summed E-state index contributed by atoms with van der Waals surface area (Å²) in [6.07, 6.45) is 1.45. The molecule has 5 heteroatoms. The van der Waals surface area contributed by atoms with E-state index in [0.717, 1.165) is 5.39 Å². The molecule has 0 spiro atoms. The number of carbonyl (C=O) groups excluding carboxylic acids is 1. The Hall–Kier alpha value is -1.49. The maximum Gasteiger partial charge on any atom is 0.267 e. The van der Waals surface area contributed by atoms with Gasteiger partial charge in [0.1, 0.15) is 5.69 Å². The van der Waals surface area contributed by atoms with Gasteiger partial charge in [-0.15, -0.1) is 12.6 Å². The van der Waals surface area contributed by atoms with Crippen LogP contribution in [0.1, 0.15) is 10.5 Å². The number of fused-ring (bicyclic) bond motifs is 1. The molecule has 13 heavy (non-hydrogen) atoms. The molecule has 1 amide bonds. The van der Waals surface area contributed by atoms with E-state index in [-0.39, 0.29) is 5.69 Å². The van der Waals surface area contributed by atoms with Gasteiger partial charge >= 0.3 is 0 Å². The molecule has 2 rings (SSSR count). The molecule has 0 aliphatic carbocycles. The average Bonchev–Trinajstić information content (AvgIpc) is 2.42. The number of nitrogens with two attached hydrogens (primary N) is 1. The van der Waals surface area contributed by atoms with Crippen molar-refractivity contribution in [3.05, 3.63) is 24.0 Å². The summed E-state index contributed by atoms with van der Waals surface area (Å²) in [5.41, 5.74) is 5.88. The zero-order valence-electron chi connectivity index (χ0n) is 6.52. The van der Waals surface area contributed by atoms with Gasteiger partial charge in [0, 0.05) is 5.39 Å². The quantitative estimate of drug-likeness (QED) is 0.670. The number of thiol groups is 1. The van der Waals surface area contributed by atoms with Crippen molar-refractivity contribution in [2.75, 3.05) is 0 Å². The van der Waals surface area contributed by atoms with Gasteiger partial charge in [0.2, 0.25) is 0 Å². The van der Waals surface area contributed by atoms with E-state index in [1.165, 1.54) is 6.20 Å². The molecule has 66 valence electrons. The minimum absolute atomic E-state index is 0.224. The molecule has 0 radical (unpaired) electrons. The number of pyridine rings is 1. The number of primary amides is 1. The second kappa shape index (κ2) is 2.77. The second-order valence-corrected chi connectivity index (χ2v) is 3.00. The molecule has 0 saturated heterocycles. The fraction of sp³-hybridized carbons (Fsp3) is 0. The van der Waals surface area contributed by atoms with Gasteiger partial charge in [-0.25, -0.2) is 4.98 Å². The number of aromatic nitrogens is 1. The van der Waals surface area contributed by atoms with Crippen molar-refractivity contribution in [2.24, 2.45) is 5.73 Å². The van der Waals surface area contributed by atoms with E-state index in [9.17, 15) is 4.79 Å². The molecular formula is C8H6N2O2S. The van der Waals surface area contributed by atoms with Crippen LogP contribution < -0.4 is 5.73 Å². The lowest BCUT2D eigenvalue weighted by Crippen LogP contribution is -2.12. The first-order valence-electron chi connectivity index (χ1n) is 3.55. The third-order valence-corrected chi connectivity index (χ3v) is 1.86. The summed E-state index contributed by atoms with van der Waals surface area (Å²) in [6.45, 7) is 0. The van der Waals surface area contributed by atoms with Crippen LogP contribution in [0.3, 0.4) is 0 Å². The third kappa shape index (κ3) is 1.38. The Kier molecular flexibility index (Phi) is 1.73. The van der Waals surface area contributed by atoms with Gasteiger partial charge < -0.3 is 10.2 Å². The van der Waals surface area contributed by atoms with E-state index < -0.39 is 5.91 Å². The van der Waals surface area contributed by atoms with Gasteiger partial charge in [-0.2, -0.15) is 0 Å². The molecule has 0 fully saturated rings. The highest BCUT2D eigenvalue weighted by molar-refractivity contribution is 7.80. The van der Waals surface area contributed by atoms with E-state index in [1.807, 2.05) is 0 Å². The van der Waals surface area contributed by atoms with Crippen molar-refractivity contribution in [3.63, 3.8) is 0 Å². The Morgan fingerprint density at radius 1 is 1.54 bits per heavy atom. The Balaban J connectivity index is 2.67. The summed E-state index contributed by atoms with van der Waals surface area (Å²) in [6, 6.07) is 3.27. The van der Waals surface area contributed by atoms with E-state index >= 15 is 0 Å². The van der Waals surface area contributed by atoms with Crippen LogP contribution in [0.2, 0.25) is 0 Å². The molecule has 4 nitrogen and oxygen atoms in total.